The topological polar surface area (TPSA) is 58.9 Å². The van der Waals surface area contributed by atoms with E-state index in [1.165, 1.54) is 0 Å². The van der Waals surface area contributed by atoms with Crippen molar-refractivity contribution in [2.45, 2.75) is 19.3 Å². The highest BCUT2D eigenvalue weighted by Crippen LogP contribution is 2.18. The summed E-state index contributed by atoms with van der Waals surface area (Å²) in [4.78, 5) is 14.6. The molecule has 0 aliphatic carbocycles. The molecule has 3 N–H and O–H groups in total. The number of nitrogens with two attached hydrogens (primary N) is 1. The molecule has 0 amide bonds. The van der Waals surface area contributed by atoms with Crippen molar-refractivity contribution in [3.05, 3.63) is 36.0 Å². The first-order valence-electron chi connectivity index (χ1n) is 5.55. The summed E-state index contributed by atoms with van der Waals surface area (Å²) >= 11 is 0. The zero-order valence-electron chi connectivity index (χ0n) is 9.36. The summed E-state index contributed by atoms with van der Waals surface area (Å²) in [6.07, 6.45) is 2.55. The zero-order valence-corrected chi connectivity index (χ0v) is 9.36. The number of benzene rings is 1. The minimum Gasteiger partial charge on any atom is -0.361 e. The minimum atomic E-state index is -0.385. The van der Waals surface area contributed by atoms with Crippen LogP contribution in [0.2, 0.25) is 6.82 Å². The van der Waals surface area contributed by atoms with E-state index in [1.807, 2.05) is 37.3 Å². The molecular weight excluding hydrogens is 199 g/mol. The van der Waals surface area contributed by atoms with Crippen molar-refractivity contribution in [3.8, 4) is 0 Å². The fraction of sp³-hybridized carbons (Fsp3) is 0.250. The fourth-order valence-corrected chi connectivity index (χ4v) is 1.91. The predicted octanol–water partition coefficient (Wildman–Crippen LogP) is 1.05. The van der Waals surface area contributed by atoms with Crippen molar-refractivity contribution in [2.24, 2.45) is 5.73 Å². The molecule has 0 spiro atoms. The van der Waals surface area contributed by atoms with Gasteiger partial charge < -0.3 is 15.5 Å². The Hall–Kier alpha value is -1.55. The van der Waals surface area contributed by atoms with Crippen molar-refractivity contribution < 1.29 is 4.79 Å². The lowest BCUT2D eigenvalue weighted by Crippen LogP contribution is -2.35. The van der Waals surface area contributed by atoms with Crippen LogP contribution in [0.25, 0.3) is 10.9 Å². The van der Waals surface area contributed by atoms with Crippen LogP contribution >= 0.6 is 0 Å². The van der Waals surface area contributed by atoms with E-state index in [0.29, 0.717) is 13.7 Å². The second kappa shape index (κ2) is 4.53. The van der Waals surface area contributed by atoms with E-state index in [-0.39, 0.29) is 11.7 Å². The summed E-state index contributed by atoms with van der Waals surface area (Å²) in [5.41, 5.74) is 8.17. The van der Waals surface area contributed by atoms with E-state index in [1.54, 1.807) is 0 Å². The van der Waals surface area contributed by atoms with E-state index in [0.717, 1.165) is 16.5 Å². The van der Waals surface area contributed by atoms with Crippen molar-refractivity contribution in [1.29, 1.82) is 0 Å². The van der Waals surface area contributed by atoms with Crippen LogP contribution in [-0.2, 0) is 11.2 Å². The van der Waals surface area contributed by atoms with Crippen LogP contribution in [0.1, 0.15) is 5.56 Å². The first kappa shape index (κ1) is 11.0. The third kappa shape index (κ3) is 2.02. The van der Waals surface area contributed by atoms with Gasteiger partial charge in [-0.1, -0.05) is 25.0 Å². The summed E-state index contributed by atoms with van der Waals surface area (Å²) in [7, 11) is 0.503. The summed E-state index contributed by atoms with van der Waals surface area (Å²) in [5.74, 6) is 0. The fourth-order valence-electron chi connectivity index (χ4n) is 1.91. The van der Waals surface area contributed by atoms with Gasteiger partial charge in [0.15, 0.2) is 0 Å². The number of hydrogen-bond donors (Lipinski definition) is 2. The molecule has 2 aromatic rings. The number of aromatic amines is 1. The number of carbonyl (C=O) groups is 1. The zero-order chi connectivity index (χ0) is 11.5. The first-order chi connectivity index (χ1) is 7.72. The van der Waals surface area contributed by atoms with E-state index in [4.69, 9.17) is 5.73 Å². The second-order valence-electron chi connectivity index (χ2n) is 3.99. The molecule has 0 fully saturated rings. The van der Waals surface area contributed by atoms with Crippen LogP contribution in [0.3, 0.4) is 0 Å². The van der Waals surface area contributed by atoms with Crippen LogP contribution in [0.5, 0.6) is 0 Å². The van der Waals surface area contributed by atoms with Crippen LogP contribution in [-0.4, -0.2) is 24.0 Å². The van der Waals surface area contributed by atoms with E-state index < -0.39 is 0 Å². The van der Waals surface area contributed by atoms with Gasteiger partial charge in [-0.2, -0.15) is 0 Å². The van der Waals surface area contributed by atoms with Gasteiger partial charge in [0.2, 0.25) is 7.28 Å². The molecule has 1 heterocycles. The number of carbonyl (C=O) groups excluding carboxylic acids is 1. The molecule has 16 heavy (non-hydrogen) atoms. The van der Waals surface area contributed by atoms with Crippen LogP contribution < -0.4 is 5.73 Å². The number of H-pyrrole nitrogens is 1. The molecule has 0 bridgehead atoms. The maximum Gasteiger partial charge on any atom is 0.204 e. The monoisotopic (exact) mass is 214 g/mol. The minimum absolute atomic E-state index is 0.116. The van der Waals surface area contributed by atoms with Gasteiger partial charge in [0, 0.05) is 17.1 Å². The Bertz CT molecular complexity index is 506. The third-order valence-corrected chi connectivity index (χ3v) is 2.88. The quantitative estimate of drug-likeness (QED) is 0.747. The first-order valence-corrected chi connectivity index (χ1v) is 5.55. The normalized spacial score (nSPS) is 12.6. The van der Waals surface area contributed by atoms with Gasteiger partial charge in [-0.15, -0.1) is 0 Å². The molecule has 1 atom stereocenters. The Kier molecular flexibility index (Phi) is 3.10. The van der Waals surface area contributed by atoms with Crippen molar-refractivity contribution in [3.63, 3.8) is 0 Å². The molecule has 2 rings (SSSR count). The molecule has 0 saturated heterocycles. The molecule has 0 radical (unpaired) electrons. The SMILES string of the molecule is CBC(=O)C(N)Cc1c[nH]c2ccccc12. The lowest BCUT2D eigenvalue weighted by Gasteiger charge is -2.07. The Morgan fingerprint density at radius 1 is 1.50 bits per heavy atom. The van der Waals surface area contributed by atoms with Crippen LogP contribution in [0.15, 0.2) is 30.5 Å². The number of nitrogens with one attached hydrogen (secondary N) is 1. The summed E-state index contributed by atoms with van der Waals surface area (Å²) in [5, 5.41) is 1.15. The van der Waals surface area contributed by atoms with Crippen molar-refractivity contribution in [2.75, 3.05) is 0 Å². The average molecular weight is 214 g/mol. The average Bonchev–Trinajstić information content (AvgIpc) is 2.72. The highest BCUT2D eigenvalue weighted by Gasteiger charge is 2.14. The van der Waals surface area contributed by atoms with Crippen LogP contribution in [0, 0.1) is 0 Å². The van der Waals surface area contributed by atoms with Gasteiger partial charge in [0.1, 0.15) is 5.68 Å². The Morgan fingerprint density at radius 2 is 2.25 bits per heavy atom. The summed E-state index contributed by atoms with van der Waals surface area (Å²) < 4.78 is 0. The van der Waals surface area contributed by atoms with Gasteiger partial charge in [0.25, 0.3) is 0 Å². The molecule has 0 saturated carbocycles. The standard InChI is InChI=1S/C12H15BN2O/c1-13-12(16)10(14)6-8-7-15-11-5-3-2-4-9(8)11/h2-5,7,10,13,15H,6,14H2,1H3. The molecule has 1 unspecified atom stereocenters. The summed E-state index contributed by atoms with van der Waals surface area (Å²) in [6, 6.07) is 7.66. The number of para-hydroxylation sites is 1. The molecule has 82 valence electrons. The van der Waals surface area contributed by atoms with Crippen molar-refractivity contribution in [1.82, 2.24) is 4.98 Å². The van der Waals surface area contributed by atoms with Gasteiger partial charge >= 0.3 is 0 Å². The number of rotatable bonds is 4. The molecule has 4 heteroatoms. The molecule has 0 aliphatic rings. The number of hydrogen-bond acceptors (Lipinski definition) is 2. The van der Waals surface area contributed by atoms with E-state index >= 15 is 0 Å². The largest absolute Gasteiger partial charge is 0.361 e. The molecule has 1 aromatic heterocycles. The number of aromatic nitrogens is 1. The Morgan fingerprint density at radius 3 is 3.00 bits per heavy atom. The Balaban J connectivity index is 2.24. The maximum atomic E-state index is 11.4. The van der Waals surface area contributed by atoms with Gasteiger partial charge in [-0.05, 0) is 18.1 Å². The predicted molar refractivity (Wildman–Crippen MR) is 68.0 cm³/mol. The third-order valence-electron chi connectivity index (χ3n) is 2.88. The van der Waals surface area contributed by atoms with Gasteiger partial charge in [-0.3, -0.25) is 0 Å². The maximum absolute atomic E-state index is 11.4. The smallest absolute Gasteiger partial charge is 0.204 e. The lowest BCUT2D eigenvalue weighted by molar-refractivity contribution is -0.113. The van der Waals surface area contributed by atoms with Gasteiger partial charge in [0.05, 0.1) is 6.04 Å². The molecule has 0 aliphatic heterocycles. The second-order valence-corrected chi connectivity index (χ2v) is 3.99. The van der Waals surface area contributed by atoms with E-state index in [2.05, 4.69) is 4.98 Å². The van der Waals surface area contributed by atoms with Gasteiger partial charge in [-0.25, -0.2) is 0 Å². The highest BCUT2D eigenvalue weighted by atomic mass is 16.1. The Labute approximate surface area is 95.3 Å². The van der Waals surface area contributed by atoms with Crippen LogP contribution in [0.4, 0.5) is 0 Å². The summed E-state index contributed by atoms with van der Waals surface area (Å²) in [6.45, 7) is 1.84. The highest BCUT2D eigenvalue weighted by molar-refractivity contribution is 6.73. The molecule has 1 aromatic carbocycles. The van der Waals surface area contributed by atoms with E-state index in [9.17, 15) is 4.79 Å². The van der Waals surface area contributed by atoms with Crippen molar-refractivity contribution >= 4 is 23.9 Å². The molecule has 3 nitrogen and oxygen atoms in total. The number of fused-ring (bicyclic) bond motifs is 1. The molecular formula is C12H15BN2O. The lowest BCUT2D eigenvalue weighted by atomic mass is 9.72.